The molecule has 0 amide bonds. The maximum atomic E-state index is 11.3. The minimum absolute atomic E-state index is 0.00389. The normalized spacial score (nSPS) is 10.6. The Morgan fingerprint density at radius 1 is 1.45 bits per heavy atom. The molecule has 10 heteroatoms. The number of aryl methyl sites for hydroxylation is 2. The second-order valence-corrected chi connectivity index (χ2v) is 4.64. The van der Waals surface area contributed by atoms with Gasteiger partial charge in [-0.3, -0.25) is 0 Å². The lowest BCUT2D eigenvalue weighted by atomic mass is 10.1. The van der Waals surface area contributed by atoms with E-state index in [9.17, 15) is 20.0 Å². The molecular weight excluding hydrogens is 334 g/mol. The molecule has 2 rings (SSSR count). The number of aromatic nitrogens is 4. The molecule has 0 saturated heterocycles. The highest BCUT2D eigenvalue weighted by Gasteiger charge is 2.26. The largest absolute Gasteiger partial charge is 0.492 e. The van der Waals surface area contributed by atoms with Crippen LogP contribution >= 0.6 is 15.9 Å². The van der Waals surface area contributed by atoms with Crippen LogP contribution in [0.5, 0.6) is 0 Å². The van der Waals surface area contributed by atoms with Crippen molar-refractivity contribution in [1.82, 2.24) is 19.7 Å². The number of carbonyl (C=O) groups is 1. The summed E-state index contributed by atoms with van der Waals surface area (Å²) < 4.78 is 0.992. The van der Waals surface area contributed by atoms with Crippen LogP contribution in [0.15, 0.2) is 10.8 Å². The number of carboxylic acids is 1. The first-order valence-corrected chi connectivity index (χ1v) is 6.09. The van der Waals surface area contributed by atoms with E-state index in [0.717, 1.165) is 4.68 Å². The van der Waals surface area contributed by atoms with Crippen molar-refractivity contribution >= 4 is 27.8 Å². The van der Waals surface area contributed by atoms with Gasteiger partial charge in [0.25, 0.3) is 4.73 Å². The summed E-state index contributed by atoms with van der Waals surface area (Å²) in [5.74, 6) is -1.87. The molecule has 0 aromatic carbocycles. The van der Waals surface area contributed by atoms with Gasteiger partial charge in [-0.05, 0) is 35.4 Å². The molecule has 2 aromatic rings. The summed E-state index contributed by atoms with van der Waals surface area (Å²) >= 11 is 3.01. The van der Waals surface area contributed by atoms with Crippen molar-refractivity contribution in [2.45, 2.75) is 13.8 Å². The summed E-state index contributed by atoms with van der Waals surface area (Å²) in [5.41, 5.74) is 0.953. The third-order valence-electron chi connectivity index (χ3n) is 2.46. The zero-order chi connectivity index (χ0) is 15.0. The Hall–Kier alpha value is -2.36. The number of nitrogens with zero attached hydrogens (tertiary/aromatic N) is 5. The Bertz CT molecular complexity index is 727. The van der Waals surface area contributed by atoms with Crippen molar-refractivity contribution < 1.29 is 14.8 Å². The third-order valence-corrected chi connectivity index (χ3v) is 2.97. The average Bonchev–Trinajstić information content (AvgIpc) is 2.69. The summed E-state index contributed by atoms with van der Waals surface area (Å²) in [7, 11) is 0. The first-order chi connectivity index (χ1) is 9.31. The fourth-order valence-electron chi connectivity index (χ4n) is 1.73. The summed E-state index contributed by atoms with van der Waals surface area (Å²) in [6.45, 7) is 3.29. The van der Waals surface area contributed by atoms with Gasteiger partial charge in [0.05, 0.1) is 0 Å². The van der Waals surface area contributed by atoms with Gasteiger partial charge in [-0.1, -0.05) is 0 Å². The molecule has 0 fully saturated rings. The first kappa shape index (κ1) is 14.1. The van der Waals surface area contributed by atoms with Gasteiger partial charge in [-0.25, -0.2) is 9.78 Å². The molecule has 2 heterocycles. The lowest BCUT2D eigenvalue weighted by Gasteiger charge is -2.07. The summed E-state index contributed by atoms with van der Waals surface area (Å²) in [6, 6.07) is 1.60. The van der Waals surface area contributed by atoms with Crippen LogP contribution in [0, 0.1) is 24.0 Å². The quantitative estimate of drug-likeness (QED) is 0.664. The molecule has 20 heavy (non-hydrogen) atoms. The molecule has 0 aliphatic rings. The number of nitro groups is 1. The maximum absolute atomic E-state index is 11.3. The first-order valence-electron chi connectivity index (χ1n) is 5.30. The van der Waals surface area contributed by atoms with Crippen molar-refractivity contribution in [1.29, 1.82) is 0 Å². The van der Waals surface area contributed by atoms with Crippen LogP contribution < -0.4 is 0 Å². The van der Waals surface area contributed by atoms with E-state index in [0.29, 0.717) is 11.3 Å². The monoisotopic (exact) mass is 341 g/mol. The van der Waals surface area contributed by atoms with Crippen LogP contribution in [0.4, 0.5) is 5.95 Å². The van der Waals surface area contributed by atoms with E-state index in [1.54, 1.807) is 19.9 Å². The van der Waals surface area contributed by atoms with Crippen LogP contribution in [-0.2, 0) is 0 Å². The van der Waals surface area contributed by atoms with Gasteiger partial charge in [0.1, 0.15) is 5.56 Å². The summed E-state index contributed by atoms with van der Waals surface area (Å²) in [5, 5.41) is 23.6. The maximum Gasteiger partial charge on any atom is 0.492 e. The average molecular weight is 342 g/mol. The van der Waals surface area contributed by atoms with Crippen molar-refractivity contribution in [3.05, 3.63) is 37.7 Å². The van der Waals surface area contributed by atoms with E-state index < -0.39 is 16.8 Å². The van der Waals surface area contributed by atoms with Gasteiger partial charge >= 0.3 is 11.9 Å². The zero-order valence-corrected chi connectivity index (χ0v) is 11.9. The highest BCUT2D eigenvalue weighted by atomic mass is 79.9. The zero-order valence-electron chi connectivity index (χ0n) is 10.4. The number of pyridine rings is 1. The smallest absolute Gasteiger partial charge is 0.478 e. The van der Waals surface area contributed by atoms with Crippen LogP contribution in [0.1, 0.15) is 21.6 Å². The van der Waals surface area contributed by atoms with Gasteiger partial charge in [0, 0.05) is 26.7 Å². The predicted octanol–water partition coefficient (Wildman–Crippen LogP) is 1.65. The number of halogens is 1. The molecule has 1 N–H and O–H groups in total. The van der Waals surface area contributed by atoms with Gasteiger partial charge in [-0.2, -0.15) is 0 Å². The van der Waals surface area contributed by atoms with E-state index >= 15 is 0 Å². The number of carboxylic acid groups (broad SMARTS) is 1. The van der Waals surface area contributed by atoms with Crippen LogP contribution in [-0.4, -0.2) is 35.7 Å². The molecule has 104 valence electrons. The van der Waals surface area contributed by atoms with Crippen molar-refractivity contribution in [3.8, 4) is 5.82 Å². The van der Waals surface area contributed by atoms with E-state index in [1.165, 1.54) is 0 Å². The number of hydrogen-bond donors (Lipinski definition) is 1. The number of rotatable bonds is 3. The molecule has 0 atom stereocenters. The molecule has 9 nitrogen and oxygen atoms in total. The summed E-state index contributed by atoms with van der Waals surface area (Å²) in [4.78, 5) is 28.9. The Balaban J connectivity index is 2.75. The number of aromatic carboxylic acids is 1. The fourth-order valence-corrected chi connectivity index (χ4v) is 2.14. The van der Waals surface area contributed by atoms with Crippen LogP contribution in [0.25, 0.3) is 5.82 Å². The topological polar surface area (TPSA) is 124 Å². The summed E-state index contributed by atoms with van der Waals surface area (Å²) in [6.07, 6.45) is 0. The highest BCUT2D eigenvalue weighted by Crippen LogP contribution is 2.22. The van der Waals surface area contributed by atoms with Crippen LogP contribution in [0.2, 0.25) is 0 Å². The van der Waals surface area contributed by atoms with Gasteiger partial charge < -0.3 is 15.2 Å². The Kier molecular flexibility index (Phi) is 3.49. The highest BCUT2D eigenvalue weighted by molar-refractivity contribution is 9.10. The molecule has 0 unspecified atom stereocenters. The molecule has 0 radical (unpaired) electrons. The lowest BCUT2D eigenvalue weighted by Crippen LogP contribution is -2.12. The van der Waals surface area contributed by atoms with Gasteiger partial charge in [-0.15, -0.1) is 4.68 Å². The van der Waals surface area contributed by atoms with Crippen molar-refractivity contribution in [3.63, 3.8) is 0 Å². The van der Waals surface area contributed by atoms with E-state index in [-0.39, 0.29) is 16.1 Å². The van der Waals surface area contributed by atoms with E-state index in [4.69, 9.17) is 0 Å². The Labute approximate surface area is 120 Å². The number of hydrogen-bond acceptors (Lipinski definition) is 6. The molecule has 0 aliphatic heterocycles. The third kappa shape index (κ3) is 2.37. The van der Waals surface area contributed by atoms with Crippen molar-refractivity contribution in [2.75, 3.05) is 0 Å². The Morgan fingerprint density at radius 3 is 2.60 bits per heavy atom. The predicted molar refractivity (Wildman–Crippen MR) is 69.9 cm³/mol. The Morgan fingerprint density at radius 2 is 2.10 bits per heavy atom. The molecule has 0 spiro atoms. The minimum atomic E-state index is -1.20. The fraction of sp³-hybridized carbons (Fsp3) is 0.200. The van der Waals surface area contributed by atoms with Crippen molar-refractivity contribution in [2.24, 2.45) is 0 Å². The minimum Gasteiger partial charge on any atom is -0.478 e. The van der Waals surface area contributed by atoms with E-state index in [1.807, 2.05) is 0 Å². The SMILES string of the molecule is Cc1cc(C)c(C(=O)O)c(-n2nc([N+](=O)[O-])nc2Br)n1. The van der Waals surface area contributed by atoms with E-state index in [2.05, 4.69) is 31.0 Å². The molecule has 0 aliphatic carbocycles. The lowest BCUT2D eigenvalue weighted by molar-refractivity contribution is -0.394. The second-order valence-electron chi connectivity index (χ2n) is 3.93. The van der Waals surface area contributed by atoms with Gasteiger partial charge in [0.15, 0.2) is 5.82 Å². The molecular formula is C10H8BrN5O4. The van der Waals surface area contributed by atoms with Gasteiger partial charge in [0.2, 0.25) is 0 Å². The second kappa shape index (κ2) is 4.96. The standard InChI is InChI=1S/C10H8BrN5O4/c1-4-3-5(2)12-7(6(4)8(17)18)15-9(11)13-10(14-15)16(19)20/h3H,1-2H3,(H,17,18). The molecule has 2 aromatic heterocycles. The molecule has 0 saturated carbocycles. The van der Waals surface area contributed by atoms with Crippen LogP contribution in [0.3, 0.4) is 0 Å². The molecule has 0 bridgehead atoms.